The van der Waals surface area contributed by atoms with E-state index in [0.29, 0.717) is 33.6 Å². The Kier molecular flexibility index (Phi) is 5.73. The fraction of sp³-hybridized carbons (Fsp3) is 0.100. The second-order valence-electron chi connectivity index (χ2n) is 6.13. The zero-order valence-electron chi connectivity index (χ0n) is 15.0. The first-order chi connectivity index (χ1) is 14.1. The summed E-state index contributed by atoms with van der Waals surface area (Å²) in [7, 11) is 0. The molecule has 0 spiro atoms. The van der Waals surface area contributed by atoms with Crippen molar-refractivity contribution in [3.8, 4) is 11.4 Å². The lowest BCUT2D eigenvalue weighted by atomic mass is 10.2. The summed E-state index contributed by atoms with van der Waals surface area (Å²) in [6, 6.07) is 16.9. The normalized spacial score (nSPS) is 11.0. The van der Waals surface area contributed by atoms with Crippen LogP contribution in [0.2, 0.25) is 5.02 Å². The van der Waals surface area contributed by atoms with Gasteiger partial charge in [-0.05, 0) is 48.0 Å². The highest BCUT2D eigenvalue weighted by Crippen LogP contribution is 2.21. The molecule has 146 valence electrons. The van der Waals surface area contributed by atoms with Crippen LogP contribution in [0.25, 0.3) is 17.0 Å². The van der Waals surface area contributed by atoms with Crippen LogP contribution in [-0.4, -0.2) is 31.5 Å². The Morgan fingerprint density at radius 2 is 1.86 bits per heavy atom. The van der Waals surface area contributed by atoms with Crippen LogP contribution < -0.4 is 5.32 Å². The lowest BCUT2D eigenvalue weighted by Gasteiger charge is -2.07. The van der Waals surface area contributed by atoms with Gasteiger partial charge >= 0.3 is 0 Å². The Hall–Kier alpha value is -2.97. The molecule has 0 bridgehead atoms. The summed E-state index contributed by atoms with van der Waals surface area (Å²) in [5, 5.41) is 16.8. The second-order valence-corrected chi connectivity index (χ2v) is 7.53. The molecule has 6 nitrogen and oxygen atoms in total. The number of thioether (sulfide) groups is 1. The van der Waals surface area contributed by atoms with Crippen LogP contribution in [-0.2, 0) is 11.3 Å². The zero-order chi connectivity index (χ0) is 20.2. The molecule has 0 saturated carbocycles. The van der Waals surface area contributed by atoms with Crippen molar-refractivity contribution < 1.29 is 9.18 Å². The average molecular weight is 428 g/mol. The number of fused-ring (bicyclic) bond motifs is 1. The first-order valence-electron chi connectivity index (χ1n) is 8.71. The number of benzene rings is 2. The van der Waals surface area contributed by atoms with Gasteiger partial charge in [-0.3, -0.25) is 4.79 Å². The van der Waals surface area contributed by atoms with Gasteiger partial charge in [0.1, 0.15) is 10.8 Å². The highest BCUT2D eigenvalue weighted by Gasteiger charge is 2.11. The highest BCUT2D eigenvalue weighted by molar-refractivity contribution is 7.99. The van der Waals surface area contributed by atoms with E-state index >= 15 is 0 Å². The molecule has 4 rings (SSSR count). The fourth-order valence-corrected chi connectivity index (χ4v) is 3.54. The molecule has 1 amide bonds. The molecule has 29 heavy (non-hydrogen) atoms. The standard InChI is InChI=1S/C20H15ClFN5OS/c21-16-4-2-1-3-14(16)11-23-18(28)12-29-19-10-9-17-24-25-20(27(17)26-19)13-5-7-15(22)8-6-13/h1-10H,11-12H2,(H,23,28). The first kappa shape index (κ1) is 19.4. The van der Waals surface area contributed by atoms with Gasteiger partial charge in [0.25, 0.3) is 0 Å². The summed E-state index contributed by atoms with van der Waals surface area (Å²) in [5.74, 6) is 0.260. The van der Waals surface area contributed by atoms with Crippen molar-refractivity contribution in [2.75, 3.05) is 5.75 Å². The Bertz CT molecular complexity index is 1170. The Morgan fingerprint density at radius 3 is 2.66 bits per heavy atom. The van der Waals surface area contributed by atoms with E-state index in [2.05, 4.69) is 20.6 Å². The third-order valence-electron chi connectivity index (χ3n) is 4.13. The van der Waals surface area contributed by atoms with E-state index in [1.165, 1.54) is 23.9 Å². The summed E-state index contributed by atoms with van der Waals surface area (Å²) in [4.78, 5) is 12.2. The molecule has 0 fully saturated rings. The second kappa shape index (κ2) is 8.59. The van der Waals surface area contributed by atoms with Crippen LogP contribution >= 0.6 is 23.4 Å². The van der Waals surface area contributed by atoms with Gasteiger partial charge in [0.15, 0.2) is 11.5 Å². The molecule has 0 atom stereocenters. The Labute approximate surface area is 175 Å². The van der Waals surface area contributed by atoms with Crippen molar-refractivity contribution >= 4 is 34.9 Å². The molecule has 0 aliphatic rings. The number of nitrogens with zero attached hydrogens (tertiary/aromatic N) is 4. The van der Waals surface area contributed by atoms with Crippen LogP contribution in [0.3, 0.4) is 0 Å². The van der Waals surface area contributed by atoms with Gasteiger partial charge in [0.2, 0.25) is 5.91 Å². The van der Waals surface area contributed by atoms with E-state index in [-0.39, 0.29) is 17.5 Å². The molecular weight excluding hydrogens is 413 g/mol. The summed E-state index contributed by atoms with van der Waals surface area (Å²) in [5.41, 5.74) is 2.13. The zero-order valence-corrected chi connectivity index (χ0v) is 16.6. The van der Waals surface area contributed by atoms with Crippen molar-refractivity contribution in [1.82, 2.24) is 25.1 Å². The molecule has 0 saturated heterocycles. The predicted octanol–water partition coefficient (Wildman–Crippen LogP) is 3.99. The lowest BCUT2D eigenvalue weighted by molar-refractivity contribution is -0.118. The number of halogens is 2. The molecule has 0 aliphatic heterocycles. The molecular formula is C20H15ClFN5OS. The lowest BCUT2D eigenvalue weighted by Crippen LogP contribution is -2.24. The minimum Gasteiger partial charge on any atom is -0.351 e. The maximum absolute atomic E-state index is 13.2. The monoisotopic (exact) mass is 427 g/mol. The van der Waals surface area contributed by atoms with E-state index in [1.807, 2.05) is 18.2 Å². The van der Waals surface area contributed by atoms with Crippen molar-refractivity contribution in [1.29, 1.82) is 0 Å². The average Bonchev–Trinajstić information content (AvgIpc) is 3.15. The molecule has 4 aromatic rings. The minimum atomic E-state index is -0.324. The number of carbonyl (C=O) groups is 1. The van der Waals surface area contributed by atoms with E-state index < -0.39 is 0 Å². The van der Waals surface area contributed by atoms with E-state index in [9.17, 15) is 9.18 Å². The number of amides is 1. The largest absolute Gasteiger partial charge is 0.351 e. The van der Waals surface area contributed by atoms with Crippen LogP contribution in [0, 0.1) is 5.82 Å². The van der Waals surface area contributed by atoms with Gasteiger partial charge in [-0.15, -0.1) is 10.2 Å². The molecule has 2 aromatic heterocycles. The summed E-state index contributed by atoms with van der Waals surface area (Å²) in [6.45, 7) is 0.367. The number of rotatable bonds is 6. The number of aromatic nitrogens is 4. The van der Waals surface area contributed by atoms with Gasteiger partial charge in [-0.25, -0.2) is 4.39 Å². The van der Waals surface area contributed by atoms with Crippen LogP contribution in [0.15, 0.2) is 65.7 Å². The summed E-state index contributed by atoms with van der Waals surface area (Å²) >= 11 is 7.40. The fourth-order valence-electron chi connectivity index (χ4n) is 2.65. The topological polar surface area (TPSA) is 72.2 Å². The Balaban J connectivity index is 1.43. The molecule has 0 unspecified atom stereocenters. The molecule has 9 heteroatoms. The number of hydrogen-bond donors (Lipinski definition) is 1. The van der Waals surface area contributed by atoms with E-state index in [0.717, 1.165) is 5.56 Å². The third-order valence-corrected chi connectivity index (χ3v) is 5.41. The van der Waals surface area contributed by atoms with E-state index in [1.54, 1.807) is 34.8 Å². The van der Waals surface area contributed by atoms with Gasteiger partial charge in [-0.2, -0.15) is 9.61 Å². The minimum absolute atomic E-state index is 0.126. The van der Waals surface area contributed by atoms with Crippen LogP contribution in [0.4, 0.5) is 4.39 Å². The quantitative estimate of drug-likeness (QED) is 0.471. The van der Waals surface area contributed by atoms with Crippen LogP contribution in [0.5, 0.6) is 0 Å². The maximum atomic E-state index is 13.2. The van der Waals surface area contributed by atoms with E-state index in [4.69, 9.17) is 11.6 Å². The van der Waals surface area contributed by atoms with Gasteiger partial charge in [-0.1, -0.05) is 41.6 Å². The Morgan fingerprint density at radius 1 is 1.07 bits per heavy atom. The molecule has 0 radical (unpaired) electrons. The number of hydrogen-bond acceptors (Lipinski definition) is 5. The molecule has 1 N–H and O–H groups in total. The van der Waals surface area contributed by atoms with Gasteiger partial charge in [0.05, 0.1) is 5.75 Å². The van der Waals surface area contributed by atoms with Crippen molar-refractivity contribution in [2.45, 2.75) is 11.6 Å². The molecule has 2 heterocycles. The maximum Gasteiger partial charge on any atom is 0.230 e. The summed E-state index contributed by atoms with van der Waals surface area (Å²) in [6.07, 6.45) is 0. The molecule has 2 aromatic carbocycles. The van der Waals surface area contributed by atoms with Crippen molar-refractivity contribution in [2.24, 2.45) is 0 Å². The highest BCUT2D eigenvalue weighted by atomic mass is 35.5. The SMILES string of the molecule is O=C(CSc1ccc2nnc(-c3ccc(F)cc3)n2n1)NCc1ccccc1Cl. The van der Waals surface area contributed by atoms with Crippen LogP contribution in [0.1, 0.15) is 5.56 Å². The first-order valence-corrected chi connectivity index (χ1v) is 10.1. The smallest absolute Gasteiger partial charge is 0.230 e. The van der Waals surface area contributed by atoms with Gasteiger partial charge in [0, 0.05) is 17.1 Å². The summed E-state index contributed by atoms with van der Waals surface area (Å²) < 4.78 is 14.7. The predicted molar refractivity (Wildman–Crippen MR) is 110 cm³/mol. The molecule has 0 aliphatic carbocycles. The van der Waals surface area contributed by atoms with Gasteiger partial charge < -0.3 is 5.32 Å². The van der Waals surface area contributed by atoms with Crippen molar-refractivity contribution in [3.05, 3.63) is 77.1 Å². The third kappa shape index (κ3) is 4.55. The number of nitrogens with one attached hydrogen (secondary N) is 1. The number of carbonyl (C=O) groups excluding carboxylic acids is 1. The van der Waals surface area contributed by atoms with Crippen molar-refractivity contribution in [3.63, 3.8) is 0 Å².